The van der Waals surface area contributed by atoms with Crippen LogP contribution < -0.4 is 5.32 Å². The van der Waals surface area contributed by atoms with Crippen LogP contribution in [0.25, 0.3) is 0 Å². The largest absolute Gasteiger partial charge is 0.478 e. The standard InChI is InChI=1S/C12H17NO3/c1-9(14)6-7-13-8-10-4-2-3-5-11(10)12(15)16/h2-5,9,13-14H,6-8H2,1H3,(H,15,16). The van der Waals surface area contributed by atoms with Crippen LogP contribution in [0.1, 0.15) is 29.3 Å². The first-order valence-electron chi connectivity index (χ1n) is 5.31. The number of rotatable bonds is 6. The number of carboxylic acids is 1. The summed E-state index contributed by atoms with van der Waals surface area (Å²) < 4.78 is 0. The van der Waals surface area contributed by atoms with E-state index in [9.17, 15) is 4.79 Å². The second-order valence-corrected chi connectivity index (χ2v) is 3.78. The van der Waals surface area contributed by atoms with Gasteiger partial charge in [0, 0.05) is 6.54 Å². The summed E-state index contributed by atoms with van der Waals surface area (Å²) in [5.74, 6) is -0.909. The van der Waals surface area contributed by atoms with Gasteiger partial charge in [0.1, 0.15) is 0 Å². The molecule has 1 aromatic rings. The molecule has 0 aliphatic carbocycles. The Morgan fingerprint density at radius 1 is 1.44 bits per heavy atom. The molecule has 0 radical (unpaired) electrons. The molecule has 88 valence electrons. The van der Waals surface area contributed by atoms with E-state index in [0.29, 0.717) is 25.1 Å². The molecule has 1 atom stereocenters. The van der Waals surface area contributed by atoms with E-state index in [1.165, 1.54) is 0 Å². The molecular formula is C12H17NO3. The Hall–Kier alpha value is -1.39. The first-order valence-corrected chi connectivity index (χ1v) is 5.31. The highest BCUT2D eigenvalue weighted by Gasteiger charge is 2.07. The Morgan fingerprint density at radius 2 is 2.12 bits per heavy atom. The molecule has 16 heavy (non-hydrogen) atoms. The molecule has 1 aromatic carbocycles. The van der Waals surface area contributed by atoms with E-state index in [1.54, 1.807) is 25.1 Å². The zero-order chi connectivity index (χ0) is 12.0. The van der Waals surface area contributed by atoms with Crippen molar-refractivity contribution >= 4 is 5.97 Å². The average molecular weight is 223 g/mol. The maximum Gasteiger partial charge on any atom is 0.336 e. The number of aliphatic hydroxyl groups excluding tert-OH is 1. The summed E-state index contributed by atoms with van der Waals surface area (Å²) in [6.45, 7) is 2.91. The van der Waals surface area contributed by atoms with E-state index in [0.717, 1.165) is 5.56 Å². The van der Waals surface area contributed by atoms with Crippen molar-refractivity contribution in [3.05, 3.63) is 35.4 Å². The summed E-state index contributed by atoms with van der Waals surface area (Å²) in [6.07, 6.45) is 0.331. The van der Waals surface area contributed by atoms with Crippen molar-refractivity contribution in [2.75, 3.05) is 6.54 Å². The normalized spacial score (nSPS) is 12.4. The molecule has 1 unspecified atom stereocenters. The highest BCUT2D eigenvalue weighted by molar-refractivity contribution is 5.89. The first kappa shape index (κ1) is 12.7. The fraction of sp³-hybridized carbons (Fsp3) is 0.417. The molecule has 4 heteroatoms. The lowest BCUT2D eigenvalue weighted by molar-refractivity contribution is 0.0695. The Bertz CT molecular complexity index is 350. The van der Waals surface area contributed by atoms with Gasteiger partial charge in [-0.1, -0.05) is 18.2 Å². The van der Waals surface area contributed by atoms with Crippen molar-refractivity contribution in [2.45, 2.75) is 26.0 Å². The van der Waals surface area contributed by atoms with Gasteiger partial charge in [-0.15, -0.1) is 0 Å². The number of carbonyl (C=O) groups is 1. The van der Waals surface area contributed by atoms with Crippen molar-refractivity contribution < 1.29 is 15.0 Å². The van der Waals surface area contributed by atoms with Crippen molar-refractivity contribution in [3.8, 4) is 0 Å². The number of nitrogens with one attached hydrogen (secondary N) is 1. The van der Waals surface area contributed by atoms with Gasteiger partial charge < -0.3 is 15.5 Å². The zero-order valence-corrected chi connectivity index (χ0v) is 9.31. The van der Waals surface area contributed by atoms with Gasteiger partial charge in [0.15, 0.2) is 0 Å². The van der Waals surface area contributed by atoms with Crippen LogP contribution in [-0.2, 0) is 6.54 Å². The summed E-state index contributed by atoms with van der Waals surface area (Å²) in [5.41, 5.74) is 1.09. The Labute approximate surface area is 94.9 Å². The Kier molecular flexibility index (Phi) is 4.95. The second-order valence-electron chi connectivity index (χ2n) is 3.78. The number of hydrogen-bond acceptors (Lipinski definition) is 3. The number of hydrogen-bond donors (Lipinski definition) is 3. The molecule has 0 amide bonds. The molecule has 0 aromatic heterocycles. The highest BCUT2D eigenvalue weighted by atomic mass is 16.4. The lowest BCUT2D eigenvalue weighted by Crippen LogP contribution is -2.20. The Morgan fingerprint density at radius 3 is 2.75 bits per heavy atom. The predicted molar refractivity (Wildman–Crippen MR) is 61.4 cm³/mol. The van der Waals surface area contributed by atoms with E-state index < -0.39 is 5.97 Å². The molecule has 1 rings (SSSR count). The number of aliphatic hydroxyl groups is 1. The molecule has 0 spiro atoms. The van der Waals surface area contributed by atoms with E-state index in [2.05, 4.69) is 5.32 Å². The van der Waals surface area contributed by atoms with Crippen LogP contribution in [0.2, 0.25) is 0 Å². The highest BCUT2D eigenvalue weighted by Crippen LogP contribution is 2.08. The van der Waals surface area contributed by atoms with Gasteiger partial charge in [0.25, 0.3) is 0 Å². The maximum atomic E-state index is 10.9. The van der Waals surface area contributed by atoms with Crippen molar-refractivity contribution in [3.63, 3.8) is 0 Å². The monoisotopic (exact) mass is 223 g/mol. The predicted octanol–water partition coefficient (Wildman–Crippen LogP) is 1.25. The third-order valence-electron chi connectivity index (χ3n) is 2.30. The summed E-state index contributed by atoms with van der Waals surface area (Å²) in [5, 5.41) is 21.1. The van der Waals surface area contributed by atoms with Gasteiger partial charge in [-0.2, -0.15) is 0 Å². The number of carboxylic acid groups (broad SMARTS) is 1. The van der Waals surface area contributed by atoms with Crippen LogP contribution in [0.15, 0.2) is 24.3 Å². The molecule has 4 nitrogen and oxygen atoms in total. The molecule has 0 fully saturated rings. The maximum absolute atomic E-state index is 10.9. The van der Waals surface area contributed by atoms with Gasteiger partial charge in [-0.05, 0) is 31.5 Å². The molecule has 0 aliphatic heterocycles. The van der Waals surface area contributed by atoms with Crippen LogP contribution in [0, 0.1) is 0 Å². The third kappa shape index (κ3) is 4.00. The SMILES string of the molecule is CC(O)CCNCc1ccccc1C(=O)O. The molecule has 0 saturated carbocycles. The molecule has 0 bridgehead atoms. The van der Waals surface area contributed by atoms with Gasteiger partial charge >= 0.3 is 5.97 Å². The topological polar surface area (TPSA) is 69.6 Å². The summed E-state index contributed by atoms with van der Waals surface area (Å²) in [6, 6.07) is 6.91. The smallest absolute Gasteiger partial charge is 0.336 e. The lowest BCUT2D eigenvalue weighted by atomic mass is 10.1. The number of aromatic carboxylic acids is 1. The molecular weight excluding hydrogens is 206 g/mol. The lowest BCUT2D eigenvalue weighted by Gasteiger charge is -2.08. The fourth-order valence-corrected chi connectivity index (χ4v) is 1.42. The van der Waals surface area contributed by atoms with Crippen molar-refractivity contribution in [1.82, 2.24) is 5.32 Å². The third-order valence-corrected chi connectivity index (χ3v) is 2.30. The minimum Gasteiger partial charge on any atom is -0.478 e. The van der Waals surface area contributed by atoms with E-state index in [4.69, 9.17) is 10.2 Å². The van der Waals surface area contributed by atoms with Gasteiger partial charge in [-0.25, -0.2) is 4.79 Å². The zero-order valence-electron chi connectivity index (χ0n) is 9.31. The quantitative estimate of drug-likeness (QED) is 0.635. The van der Waals surface area contributed by atoms with Gasteiger partial charge in [-0.3, -0.25) is 0 Å². The van der Waals surface area contributed by atoms with Gasteiger partial charge in [0.05, 0.1) is 11.7 Å². The van der Waals surface area contributed by atoms with Crippen LogP contribution in [0.5, 0.6) is 0 Å². The number of benzene rings is 1. The Balaban J connectivity index is 2.50. The van der Waals surface area contributed by atoms with E-state index in [-0.39, 0.29) is 6.10 Å². The molecule has 3 N–H and O–H groups in total. The van der Waals surface area contributed by atoms with E-state index >= 15 is 0 Å². The molecule has 0 heterocycles. The van der Waals surface area contributed by atoms with Gasteiger partial charge in [0.2, 0.25) is 0 Å². The van der Waals surface area contributed by atoms with Crippen LogP contribution in [-0.4, -0.2) is 28.8 Å². The van der Waals surface area contributed by atoms with Crippen molar-refractivity contribution in [1.29, 1.82) is 0 Å². The second kappa shape index (κ2) is 6.25. The minimum absolute atomic E-state index is 0.326. The first-order chi connectivity index (χ1) is 7.61. The summed E-state index contributed by atoms with van der Waals surface area (Å²) >= 11 is 0. The average Bonchev–Trinajstić information content (AvgIpc) is 2.24. The molecule has 0 saturated heterocycles. The fourth-order valence-electron chi connectivity index (χ4n) is 1.42. The summed E-state index contributed by atoms with van der Waals surface area (Å²) in [4.78, 5) is 10.9. The van der Waals surface area contributed by atoms with Crippen LogP contribution in [0.3, 0.4) is 0 Å². The van der Waals surface area contributed by atoms with Crippen molar-refractivity contribution in [2.24, 2.45) is 0 Å². The summed E-state index contributed by atoms with van der Waals surface area (Å²) in [7, 11) is 0. The van der Waals surface area contributed by atoms with Crippen LogP contribution in [0.4, 0.5) is 0 Å². The van der Waals surface area contributed by atoms with E-state index in [1.807, 2.05) is 6.07 Å². The van der Waals surface area contributed by atoms with Crippen LogP contribution >= 0.6 is 0 Å². The minimum atomic E-state index is -0.909. The molecule has 0 aliphatic rings.